The topological polar surface area (TPSA) is 78.6 Å². The molecule has 0 aromatic rings. The molecule has 0 aromatic heterocycles. The summed E-state index contributed by atoms with van der Waals surface area (Å²) in [6.07, 6.45) is 0.771. The Morgan fingerprint density at radius 3 is 1.93 bits per heavy atom. The van der Waals surface area contributed by atoms with Crippen LogP contribution in [0.4, 0.5) is 0 Å². The molecule has 0 saturated heterocycles. The first-order valence-corrected chi connectivity index (χ1v) is 4.76. The molecule has 0 radical (unpaired) electrons. The fourth-order valence-corrected chi connectivity index (χ4v) is 0.415. The fourth-order valence-electron chi connectivity index (χ4n) is 0.338. The highest BCUT2D eigenvalue weighted by Crippen LogP contribution is 1.84. The van der Waals surface area contributed by atoms with Crippen LogP contribution in [0.15, 0.2) is 0 Å². The van der Waals surface area contributed by atoms with Gasteiger partial charge in [-0.3, -0.25) is 9.59 Å². The standard InChI is InChI=1S/C5H9ClO2.C3H7NO2/c1-2-5(7)8-4-3-6;1-2-3(5)6-4/h2-4H2,1H3;2,4H2,1H3. The highest BCUT2D eigenvalue weighted by atomic mass is 35.5. The van der Waals surface area contributed by atoms with E-state index in [9.17, 15) is 9.59 Å². The third-order valence-electron chi connectivity index (χ3n) is 1.05. The monoisotopic (exact) mass is 225 g/mol. The second-order valence-corrected chi connectivity index (χ2v) is 2.48. The van der Waals surface area contributed by atoms with Crippen LogP contribution in [0.1, 0.15) is 26.7 Å². The van der Waals surface area contributed by atoms with Crippen molar-refractivity contribution >= 4 is 23.5 Å². The van der Waals surface area contributed by atoms with Gasteiger partial charge in [0.25, 0.3) is 0 Å². The maximum atomic E-state index is 10.3. The highest BCUT2D eigenvalue weighted by Gasteiger charge is 1.93. The summed E-state index contributed by atoms with van der Waals surface area (Å²) in [5, 5.41) is 0. The van der Waals surface area contributed by atoms with Crippen LogP contribution in [0, 0.1) is 0 Å². The van der Waals surface area contributed by atoms with Crippen molar-refractivity contribution < 1.29 is 19.2 Å². The van der Waals surface area contributed by atoms with Gasteiger partial charge in [-0.2, -0.15) is 5.90 Å². The summed E-state index contributed by atoms with van der Waals surface area (Å²) in [6.45, 7) is 3.75. The number of halogens is 1. The second kappa shape index (κ2) is 12.2. The summed E-state index contributed by atoms with van der Waals surface area (Å²) < 4.78 is 4.57. The minimum absolute atomic E-state index is 0.189. The molecule has 0 aliphatic rings. The summed E-state index contributed by atoms with van der Waals surface area (Å²) in [7, 11) is 0. The predicted octanol–water partition coefficient (Wildman–Crippen LogP) is 0.992. The van der Waals surface area contributed by atoms with Gasteiger partial charge in [0.15, 0.2) is 0 Å². The number of carbonyl (C=O) groups excluding carboxylic acids is 2. The van der Waals surface area contributed by atoms with Crippen molar-refractivity contribution in [2.24, 2.45) is 5.90 Å². The van der Waals surface area contributed by atoms with Gasteiger partial charge in [0.05, 0.1) is 5.88 Å². The average molecular weight is 226 g/mol. The van der Waals surface area contributed by atoms with E-state index in [1.165, 1.54) is 0 Å². The zero-order valence-electron chi connectivity index (χ0n) is 8.42. The van der Waals surface area contributed by atoms with Crippen LogP contribution >= 0.6 is 11.6 Å². The van der Waals surface area contributed by atoms with Crippen molar-refractivity contribution in [3.8, 4) is 0 Å². The Morgan fingerprint density at radius 2 is 1.71 bits per heavy atom. The number of rotatable bonds is 4. The number of ether oxygens (including phenoxy) is 1. The molecule has 14 heavy (non-hydrogen) atoms. The van der Waals surface area contributed by atoms with Gasteiger partial charge < -0.3 is 9.57 Å². The lowest BCUT2D eigenvalue weighted by Gasteiger charge is -1.96. The minimum atomic E-state index is -0.380. The molecule has 0 heterocycles. The summed E-state index contributed by atoms with van der Waals surface area (Å²) in [4.78, 5) is 23.9. The molecule has 0 atom stereocenters. The fraction of sp³-hybridized carbons (Fsp3) is 0.750. The molecule has 2 N–H and O–H groups in total. The Morgan fingerprint density at radius 1 is 1.21 bits per heavy atom. The number of nitrogens with two attached hydrogens (primary N) is 1. The van der Waals surface area contributed by atoms with E-state index in [0.717, 1.165) is 0 Å². The molecular weight excluding hydrogens is 210 g/mol. The lowest BCUT2D eigenvalue weighted by Crippen LogP contribution is -2.07. The molecule has 0 aliphatic heterocycles. The Hall–Kier alpha value is -0.810. The first-order valence-electron chi connectivity index (χ1n) is 4.23. The Bertz CT molecular complexity index is 157. The zero-order chi connectivity index (χ0) is 11.4. The third kappa shape index (κ3) is 13.8. The van der Waals surface area contributed by atoms with E-state index in [-0.39, 0.29) is 11.9 Å². The SMILES string of the molecule is CCC(=O)OCCCl.CCC(=O)ON. The van der Waals surface area contributed by atoms with E-state index in [2.05, 4.69) is 15.5 Å². The van der Waals surface area contributed by atoms with Gasteiger partial charge >= 0.3 is 11.9 Å². The first-order chi connectivity index (χ1) is 6.62. The summed E-state index contributed by atoms with van der Waals surface area (Å²) in [5.41, 5.74) is 0. The molecule has 0 aliphatic carbocycles. The Balaban J connectivity index is 0. The van der Waals surface area contributed by atoms with Crippen LogP contribution in [-0.4, -0.2) is 24.4 Å². The molecule has 0 unspecified atom stereocenters. The van der Waals surface area contributed by atoms with Crippen LogP contribution in [0.3, 0.4) is 0 Å². The Labute approximate surface area is 88.4 Å². The van der Waals surface area contributed by atoms with Crippen LogP contribution in [-0.2, 0) is 19.2 Å². The van der Waals surface area contributed by atoms with Gasteiger partial charge in [0.1, 0.15) is 6.61 Å². The number of alkyl halides is 1. The molecule has 0 bridgehead atoms. The molecular formula is C8H16ClNO4. The molecule has 5 nitrogen and oxygen atoms in total. The molecule has 0 amide bonds. The largest absolute Gasteiger partial charge is 0.464 e. The normalized spacial score (nSPS) is 8.29. The van der Waals surface area contributed by atoms with E-state index in [4.69, 9.17) is 11.6 Å². The maximum Gasteiger partial charge on any atom is 0.324 e. The smallest absolute Gasteiger partial charge is 0.324 e. The number of hydrogen-bond donors (Lipinski definition) is 1. The lowest BCUT2D eigenvalue weighted by atomic mass is 10.5. The first kappa shape index (κ1) is 15.7. The van der Waals surface area contributed by atoms with E-state index in [1.54, 1.807) is 13.8 Å². The second-order valence-electron chi connectivity index (χ2n) is 2.11. The number of carbonyl (C=O) groups is 2. The van der Waals surface area contributed by atoms with Gasteiger partial charge in [-0.25, -0.2) is 0 Å². The quantitative estimate of drug-likeness (QED) is 0.439. The zero-order valence-corrected chi connectivity index (χ0v) is 9.17. The number of hydrogen-bond acceptors (Lipinski definition) is 5. The van der Waals surface area contributed by atoms with Crippen molar-refractivity contribution in [1.29, 1.82) is 0 Å². The van der Waals surface area contributed by atoms with E-state index in [0.29, 0.717) is 25.3 Å². The maximum absolute atomic E-state index is 10.3. The third-order valence-corrected chi connectivity index (χ3v) is 1.20. The molecule has 0 aromatic carbocycles. The molecule has 0 spiro atoms. The lowest BCUT2D eigenvalue weighted by molar-refractivity contribution is -0.144. The highest BCUT2D eigenvalue weighted by molar-refractivity contribution is 6.18. The van der Waals surface area contributed by atoms with Gasteiger partial charge in [-0.15, -0.1) is 11.6 Å². The van der Waals surface area contributed by atoms with E-state index < -0.39 is 0 Å². The number of esters is 1. The van der Waals surface area contributed by atoms with Crippen molar-refractivity contribution in [1.82, 2.24) is 0 Å². The van der Waals surface area contributed by atoms with Gasteiger partial charge in [-0.1, -0.05) is 13.8 Å². The van der Waals surface area contributed by atoms with Crippen LogP contribution in [0.25, 0.3) is 0 Å². The molecule has 0 rings (SSSR count). The van der Waals surface area contributed by atoms with E-state index in [1.807, 2.05) is 0 Å². The summed E-state index contributed by atoms with van der Waals surface area (Å²) >= 11 is 5.23. The van der Waals surface area contributed by atoms with Crippen LogP contribution < -0.4 is 5.90 Å². The van der Waals surface area contributed by atoms with Gasteiger partial charge in [0.2, 0.25) is 0 Å². The minimum Gasteiger partial charge on any atom is -0.464 e. The molecule has 0 saturated carbocycles. The Kier molecular flexibility index (Phi) is 13.6. The van der Waals surface area contributed by atoms with Crippen molar-refractivity contribution in [3.63, 3.8) is 0 Å². The summed E-state index contributed by atoms with van der Waals surface area (Å²) in [6, 6.07) is 0. The van der Waals surface area contributed by atoms with Gasteiger partial charge in [0, 0.05) is 12.8 Å². The molecule has 6 heteroatoms. The van der Waals surface area contributed by atoms with Crippen molar-refractivity contribution in [3.05, 3.63) is 0 Å². The summed E-state index contributed by atoms with van der Waals surface area (Å²) in [5.74, 6) is 4.24. The van der Waals surface area contributed by atoms with Crippen molar-refractivity contribution in [2.45, 2.75) is 26.7 Å². The van der Waals surface area contributed by atoms with E-state index >= 15 is 0 Å². The average Bonchev–Trinajstić information content (AvgIpc) is 2.25. The van der Waals surface area contributed by atoms with Crippen LogP contribution in [0.2, 0.25) is 0 Å². The van der Waals surface area contributed by atoms with Crippen molar-refractivity contribution in [2.75, 3.05) is 12.5 Å². The molecule has 0 fully saturated rings. The van der Waals surface area contributed by atoms with Gasteiger partial charge in [-0.05, 0) is 0 Å². The molecule has 84 valence electrons. The van der Waals surface area contributed by atoms with Crippen LogP contribution in [0.5, 0.6) is 0 Å². The predicted molar refractivity (Wildman–Crippen MR) is 52.5 cm³/mol.